The minimum Gasteiger partial charge on any atom is -0.466 e. The maximum Gasteiger partial charge on any atom is 0.305 e. The Hall–Kier alpha value is -1.06. The van der Waals surface area contributed by atoms with Crippen LogP contribution in [0.2, 0.25) is 0 Å². The topological polar surface area (TPSA) is 52.6 Å². The van der Waals surface area contributed by atoms with Crippen LogP contribution in [0.1, 0.15) is 246 Å². The number of carbonyl (C=O) groups excluding carboxylic acids is 2. The Morgan fingerprint density at radius 2 is 0.543 bits per heavy atom. The fourth-order valence-corrected chi connectivity index (χ4v) is 5.92. The first-order chi connectivity index (χ1) is 22.6. The Morgan fingerprint density at radius 1 is 0.304 bits per heavy atom. The van der Waals surface area contributed by atoms with E-state index in [1.807, 2.05) is 6.92 Å². The van der Waals surface area contributed by atoms with Crippen molar-refractivity contribution >= 4 is 11.9 Å². The van der Waals surface area contributed by atoms with E-state index in [4.69, 9.17) is 9.47 Å². The molecule has 0 unspecified atom stereocenters. The molecule has 0 N–H and O–H groups in total. The second-order valence-corrected chi connectivity index (χ2v) is 13.8. The van der Waals surface area contributed by atoms with Crippen LogP contribution in [-0.2, 0) is 19.1 Å². The molecule has 0 amide bonds. The zero-order chi connectivity index (χ0) is 34.0. The average Bonchev–Trinajstić information content (AvgIpc) is 3.05. The highest BCUT2D eigenvalue weighted by atomic mass is 16.5. The molecule has 0 aliphatic rings. The molecule has 0 aromatic carbocycles. The van der Waals surface area contributed by atoms with E-state index in [2.05, 4.69) is 20.8 Å². The molecular weight excluding hydrogens is 568 g/mol. The Morgan fingerprint density at radius 3 is 0.804 bits per heavy atom. The number of hydrogen-bond acceptors (Lipinski definition) is 4. The van der Waals surface area contributed by atoms with Crippen molar-refractivity contribution in [2.24, 2.45) is 0 Å². The number of unbranched alkanes of at least 4 members (excludes halogenated alkanes) is 29. The molecular formula is C42H84O4. The quantitative estimate of drug-likeness (QED) is 0.0499. The largest absolute Gasteiger partial charge is 0.466 e. The third kappa shape index (κ3) is 45.1. The number of hydrogen-bond donors (Lipinski definition) is 0. The summed E-state index contributed by atoms with van der Waals surface area (Å²) in [5.74, 6) is -0.0321. The highest BCUT2D eigenvalue weighted by Gasteiger charge is 2.02. The fraction of sp³-hybridized carbons (Fsp3) is 0.952. The van der Waals surface area contributed by atoms with Crippen LogP contribution in [0.3, 0.4) is 0 Å². The fourth-order valence-electron chi connectivity index (χ4n) is 5.92. The molecule has 0 fully saturated rings. The molecule has 0 aliphatic carbocycles. The minimum absolute atomic E-state index is 0.00172. The molecule has 0 spiro atoms. The monoisotopic (exact) mass is 653 g/mol. The van der Waals surface area contributed by atoms with Crippen molar-refractivity contribution in [2.45, 2.75) is 246 Å². The predicted octanol–water partition coefficient (Wildman–Crippen LogP) is 14.4. The van der Waals surface area contributed by atoms with Crippen LogP contribution in [-0.4, -0.2) is 25.2 Å². The molecule has 0 rings (SSSR count). The van der Waals surface area contributed by atoms with Crippen molar-refractivity contribution in [3.63, 3.8) is 0 Å². The standard InChI is InChI=1S/C22H44O2.C20H40O2/c1-3-5-7-8-9-10-11-12-13-14-15-16-17-18-19-20-22(23)24-21-6-4-2;1-3-5-6-7-8-9-10-11-12-13-14-15-16-17-18-19-20(21)22-4-2/h3-21H2,1-2H3;3-19H2,1-2H3. The number of carbonyl (C=O) groups is 2. The summed E-state index contributed by atoms with van der Waals surface area (Å²) in [6.45, 7) is 9.65. The molecule has 4 nitrogen and oxygen atoms in total. The van der Waals surface area contributed by atoms with Gasteiger partial charge in [-0.2, -0.15) is 0 Å². The van der Waals surface area contributed by atoms with Gasteiger partial charge in [-0.25, -0.2) is 0 Å². The summed E-state index contributed by atoms with van der Waals surface area (Å²) < 4.78 is 10.1. The van der Waals surface area contributed by atoms with Gasteiger partial charge in [-0.15, -0.1) is 0 Å². The SMILES string of the molecule is CCCCCCCCCCCCCCCCCC(=O)OCC.CCCCCCCCCCCCCCCCCC(=O)OCCCC. The maximum atomic E-state index is 11.4. The van der Waals surface area contributed by atoms with Crippen LogP contribution in [0, 0.1) is 0 Å². The van der Waals surface area contributed by atoms with Gasteiger partial charge in [0.1, 0.15) is 0 Å². The van der Waals surface area contributed by atoms with Gasteiger partial charge < -0.3 is 9.47 Å². The molecule has 0 saturated carbocycles. The highest BCUT2D eigenvalue weighted by molar-refractivity contribution is 5.69. The van der Waals surface area contributed by atoms with Crippen molar-refractivity contribution < 1.29 is 19.1 Å². The van der Waals surface area contributed by atoms with Gasteiger partial charge in [-0.1, -0.05) is 207 Å². The predicted molar refractivity (Wildman–Crippen MR) is 202 cm³/mol. The zero-order valence-electron chi connectivity index (χ0n) is 32.1. The Kier molecular flexibility index (Phi) is 45.0. The molecule has 276 valence electrons. The summed E-state index contributed by atoms with van der Waals surface area (Å²) in [5, 5.41) is 0. The normalized spacial score (nSPS) is 10.9. The third-order valence-corrected chi connectivity index (χ3v) is 9.04. The summed E-state index contributed by atoms with van der Waals surface area (Å²) >= 11 is 0. The summed E-state index contributed by atoms with van der Waals surface area (Å²) in [6.07, 6.45) is 44.0. The molecule has 0 bridgehead atoms. The van der Waals surface area contributed by atoms with Gasteiger partial charge in [-0.3, -0.25) is 9.59 Å². The van der Waals surface area contributed by atoms with Crippen LogP contribution in [0.25, 0.3) is 0 Å². The van der Waals surface area contributed by atoms with Gasteiger partial charge in [0.15, 0.2) is 0 Å². The van der Waals surface area contributed by atoms with Crippen molar-refractivity contribution in [2.75, 3.05) is 13.2 Å². The molecule has 0 saturated heterocycles. The maximum absolute atomic E-state index is 11.4. The minimum atomic E-state index is -0.0304. The Bertz CT molecular complexity index is 576. The molecule has 0 aliphatic heterocycles. The van der Waals surface area contributed by atoms with Crippen molar-refractivity contribution in [1.82, 2.24) is 0 Å². The molecule has 0 heterocycles. The first kappa shape index (κ1) is 47.1. The molecule has 0 radical (unpaired) electrons. The highest BCUT2D eigenvalue weighted by Crippen LogP contribution is 2.15. The van der Waals surface area contributed by atoms with Gasteiger partial charge in [0.25, 0.3) is 0 Å². The van der Waals surface area contributed by atoms with Crippen molar-refractivity contribution in [3.8, 4) is 0 Å². The van der Waals surface area contributed by atoms with E-state index < -0.39 is 0 Å². The van der Waals surface area contributed by atoms with E-state index in [0.717, 1.165) is 25.7 Å². The van der Waals surface area contributed by atoms with E-state index in [9.17, 15) is 9.59 Å². The average molecular weight is 653 g/mol. The van der Waals surface area contributed by atoms with Crippen LogP contribution in [0.5, 0.6) is 0 Å². The first-order valence-corrected chi connectivity index (χ1v) is 20.9. The molecule has 0 aromatic rings. The second kappa shape index (κ2) is 43.9. The summed E-state index contributed by atoms with van der Waals surface area (Å²) in [7, 11) is 0. The van der Waals surface area contributed by atoms with Gasteiger partial charge in [0, 0.05) is 12.8 Å². The van der Waals surface area contributed by atoms with Crippen LogP contribution < -0.4 is 0 Å². The van der Waals surface area contributed by atoms with Crippen molar-refractivity contribution in [3.05, 3.63) is 0 Å². The third-order valence-electron chi connectivity index (χ3n) is 9.04. The second-order valence-electron chi connectivity index (χ2n) is 13.8. The van der Waals surface area contributed by atoms with E-state index in [0.29, 0.717) is 26.1 Å². The van der Waals surface area contributed by atoms with Crippen LogP contribution >= 0.6 is 0 Å². The van der Waals surface area contributed by atoms with Crippen LogP contribution in [0.15, 0.2) is 0 Å². The van der Waals surface area contributed by atoms with E-state index in [1.165, 1.54) is 180 Å². The van der Waals surface area contributed by atoms with Gasteiger partial charge in [-0.05, 0) is 26.2 Å². The van der Waals surface area contributed by atoms with Gasteiger partial charge >= 0.3 is 11.9 Å². The van der Waals surface area contributed by atoms with E-state index >= 15 is 0 Å². The number of esters is 2. The lowest BCUT2D eigenvalue weighted by Crippen LogP contribution is -2.05. The first-order valence-electron chi connectivity index (χ1n) is 20.9. The van der Waals surface area contributed by atoms with E-state index in [-0.39, 0.29) is 11.9 Å². The number of rotatable bonds is 36. The smallest absolute Gasteiger partial charge is 0.305 e. The van der Waals surface area contributed by atoms with Gasteiger partial charge in [0.2, 0.25) is 0 Å². The summed E-state index contributed by atoms with van der Waals surface area (Å²) in [5.41, 5.74) is 0. The molecule has 0 atom stereocenters. The number of ether oxygens (including phenoxy) is 2. The lowest BCUT2D eigenvalue weighted by atomic mass is 10.0. The molecule has 4 heteroatoms. The molecule has 46 heavy (non-hydrogen) atoms. The lowest BCUT2D eigenvalue weighted by Gasteiger charge is -2.04. The summed E-state index contributed by atoms with van der Waals surface area (Å²) in [4.78, 5) is 22.6. The van der Waals surface area contributed by atoms with Gasteiger partial charge in [0.05, 0.1) is 13.2 Å². The van der Waals surface area contributed by atoms with Crippen LogP contribution in [0.4, 0.5) is 0 Å². The molecule has 0 aromatic heterocycles. The van der Waals surface area contributed by atoms with Crippen molar-refractivity contribution in [1.29, 1.82) is 0 Å². The Balaban J connectivity index is 0. The summed E-state index contributed by atoms with van der Waals surface area (Å²) in [6, 6.07) is 0. The lowest BCUT2D eigenvalue weighted by molar-refractivity contribution is -0.144. The van der Waals surface area contributed by atoms with E-state index in [1.54, 1.807) is 0 Å². The zero-order valence-corrected chi connectivity index (χ0v) is 32.1. The Labute approximate surface area is 289 Å².